The molecule has 1 aliphatic carbocycles. The van der Waals surface area contributed by atoms with Crippen molar-refractivity contribution in [2.24, 2.45) is 0 Å². The number of methoxy groups -OCH3 is 1. The monoisotopic (exact) mass is 216 g/mol. The van der Waals surface area contributed by atoms with Gasteiger partial charge in [0.1, 0.15) is 0 Å². The van der Waals surface area contributed by atoms with Gasteiger partial charge in [-0.15, -0.1) is 0 Å². The molecular formula is C13H12O3. The summed E-state index contributed by atoms with van der Waals surface area (Å²) in [5.74, 6) is 0.384. The Hall–Kier alpha value is -2.03. The molecule has 0 aromatic heterocycles. The first-order valence-electron chi connectivity index (χ1n) is 5.00. The average molecular weight is 216 g/mol. The number of rotatable bonds is 1. The molecule has 0 bridgehead atoms. The van der Waals surface area contributed by atoms with Crippen LogP contribution in [0, 0.1) is 0 Å². The number of phenolic OH excluding ortho intramolecular Hbond substituents is 1. The van der Waals surface area contributed by atoms with Gasteiger partial charge in [-0.3, -0.25) is 4.79 Å². The second kappa shape index (κ2) is 4.23. The molecule has 2 rings (SSSR count). The molecule has 0 unspecified atom stereocenters. The summed E-state index contributed by atoms with van der Waals surface area (Å²) in [5, 5.41) is 9.92. The Kier molecular flexibility index (Phi) is 2.77. The third-order valence-corrected chi connectivity index (χ3v) is 2.51. The Labute approximate surface area is 93.7 Å². The van der Waals surface area contributed by atoms with Crippen LogP contribution in [0.3, 0.4) is 0 Å². The van der Waals surface area contributed by atoms with E-state index in [0.717, 1.165) is 0 Å². The summed E-state index contributed by atoms with van der Waals surface area (Å²) in [7, 11) is 1.48. The van der Waals surface area contributed by atoms with E-state index in [1.54, 1.807) is 36.4 Å². The van der Waals surface area contributed by atoms with Crippen LogP contribution in [0.15, 0.2) is 30.4 Å². The maximum absolute atomic E-state index is 11.8. The van der Waals surface area contributed by atoms with Crippen LogP contribution in [0.25, 0.3) is 6.08 Å². The van der Waals surface area contributed by atoms with Crippen LogP contribution in [-0.2, 0) is 0 Å². The molecule has 1 aromatic rings. The zero-order chi connectivity index (χ0) is 11.5. The zero-order valence-corrected chi connectivity index (χ0v) is 8.93. The number of hydrogen-bond donors (Lipinski definition) is 1. The van der Waals surface area contributed by atoms with Crippen molar-refractivity contribution < 1.29 is 14.6 Å². The molecule has 0 fully saturated rings. The smallest absolute Gasteiger partial charge is 0.167 e. The second-order valence-corrected chi connectivity index (χ2v) is 3.49. The fourth-order valence-corrected chi connectivity index (χ4v) is 1.68. The summed E-state index contributed by atoms with van der Waals surface area (Å²) in [4.78, 5) is 11.8. The van der Waals surface area contributed by atoms with Crippen molar-refractivity contribution in [1.82, 2.24) is 0 Å². The van der Waals surface area contributed by atoms with Gasteiger partial charge >= 0.3 is 0 Å². The van der Waals surface area contributed by atoms with Crippen molar-refractivity contribution >= 4 is 11.9 Å². The van der Waals surface area contributed by atoms with Gasteiger partial charge in [0.05, 0.1) is 7.11 Å². The topological polar surface area (TPSA) is 46.5 Å². The minimum atomic E-state index is -0.00597. The number of fused-ring (bicyclic) bond motifs is 1. The average Bonchev–Trinajstić information content (AvgIpc) is 2.27. The van der Waals surface area contributed by atoms with E-state index < -0.39 is 0 Å². The largest absolute Gasteiger partial charge is 0.504 e. The lowest BCUT2D eigenvalue weighted by Gasteiger charge is -2.11. The van der Waals surface area contributed by atoms with E-state index in [-0.39, 0.29) is 11.5 Å². The number of allylic oxidation sites excluding steroid dienone is 3. The van der Waals surface area contributed by atoms with Gasteiger partial charge in [-0.05, 0) is 12.1 Å². The molecule has 0 saturated carbocycles. The molecule has 0 amide bonds. The lowest BCUT2D eigenvalue weighted by molar-refractivity contribution is 0.0995. The summed E-state index contributed by atoms with van der Waals surface area (Å²) in [6.45, 7) is 0. The predicted octanol–water partition coefficient (Wildman–Crippen LogP) is 2.56. The highest BCUT2D eigenvalue weighted by atomic mass is 16.5. The lowest BCUT2D eigenvalue weighted by atomic mass is 9.98. The third kappa shape index (κ3) is 1.72. The number of aromatic hydroxyl groups is 1. The van der Waals surface area contributed by atoms with E-state index in [1.807, 2.05) is 0 Å². The van der Waals surface area contributed by atoms with Crippen molar-refractivity contribution in [2.45, 2.75) is 6.42 Å². The van der Waals surface area contributed by atoms with Crippen LogP contribution in [0.1, 0.15) is 22.3 Å². The summed E-state index contributed by atoms with van der Waals surface area (Å²) in [6.07, 6.45) is 7.44. The van der Waals surface area contributed by atoms with Crippen molar-refractivity contribution in [3.05, 3.63) is 41.5 Å². The molecule has 1 aliphatic rings. The molecule has 3 nitrogen and oxygen atoms in total. The Morgan fingerprint density at radius 3 is 2.88 bits per heavy atom. The fraction of sp³-hybridized carbons (Fsp3) is 0.154. The van der Waals surface area contributed by atoms with Crippen molar-refractivity contribution in [2.75, 3.05) is 7.11 Å². The molecule has 16 heavy (non-hydrogen) atoms. The number of ether oxygens (including phenoxy) is 1. The van der Waals surface area contributed by atoms with E-state index in [9.17, 15) is 9.90 Å². The summed E-state index contributed by atoms with van der Waals surface area (Å²) < 4.78 is 5.01. The van der Waals surface area contributed by atoms with Gasteiger partial charge in [0, 0.05) is 17.5 Å². The van der Waals surface area contributed by atoms with E-state index in [4.69, 9.17) is 4.74 Å². The first kappa shape index (κ1) is 10.5. The van der Waals surface area contributed by atoms with E-state index in [0.29, 0.717) is 23.3 Å². The Morgan fingerprint density at radius 1 is 1.31 bits per heavy atom. The number of carbonyl (C=O) groups is 1. The van der Waals surface area contributed by atoms with Gasteiger partial charge < -0.3 is 9.84 Å². The highest BCUT2D eigenvalue weighted by Crippen LogP contribution is 2.34. The Balaban J connectivity index is 2.64. The molecule has 0 spiro atoms. The SMILES string of the molecule is COc1ccc2c(c1O)/C=C\C=C/CC2=O. The quantitative estimate of drug-likeness (QED) is 0.784. The minimum Gasteiger partial charge on any atom is -0.504 e. The summed E-state index contributed by atoms with van der Waals surface area (Å²) >= 11 is 0. The number of ketones is 1. The number of carbonyl (C=O) groups excluding carboxylic acids is 1. The molecule has 82 valence electrons. The highest BCUT2D eigenvalue weighted by molar-refractivity contribution is 6.01. The van der Waals surface area contributed by atoms with Crippen LogP contribution in [0.2, 0.25) is 0 Å². The number of phenols is 1. The maximum Gasteiger partial charge on any atom is 0.167 e. The van der Waals surface area contributed by atoms with Crippen LogP contribution in [0.5, 0.6) is 11.5 Å². The molecule has 0 heterocycles. The van der Waals surface area contributed by atoms with Crippen LogP contribution in [0.4, 0.5) is 0 Å². The number of benzene rings is 1. The first-order valence-corrected chi connectivity index (χ1v) is 5.00. The molecule has 0 atom stereocenters. The minimum absolute atomic E-state index is 0.00597. The third-order valence-electron chi connectivity index (χ3n) is 2.51. The Bertz CT molecular complexity index is 484. The lowest BCUT2D eigenvalue weighted by Crippen LogP contribution is -2.02. The predicted molar refractivity (Wildman–Crippen MR) is 61.8 cm³/mol. The van der Waals surface area contributed by atoms with Gasteiger partial charge in [-0.25, -0.2) is 0 Å². The van der Waals surface area contributed by atoms with E-state index in [2.05, 4.69) is 0 Å². The molecule has 1 aromatic carbocycles. The van der Waals surface area contributed by atoms with Gasteiger partial charge in [0.2, 0.25) is 0 Å². The number of Topliss-reactive ketones (excluding diaryl/α,β-unsaturated/α-hetero) is 1. The van der Waals surface area contributed by atoms with Crippen molar-refractivity contribution in [1.29, 1.82) is 0 Å². The van der Waals surface area contributed by atoms with Crippen LogP contribution >= 0.6 is 0 Å². The van der Waals surface area contributed by atoms with Gasteiger partial charge in [-0.2, -0.15) is 0 Å². The standard InChI is InChI=1S/C13H12O3/c1-16-12-8-7-9-10(13(12)15)5-3-2-4-6-11(9)14/h2-5,7-8,15H,6H2,1H3/b4-2-,5-3-. The number of hydrogen-bond acceptors (Lipinski definition) is 3. The van der Waals surface area contributed by atoms with Gasteiger partial charge in [0.15, 0.2) is 17.3 Å². The van der Waals surface area contributed by atoms with E-state index in [1.165, 1.54) is 7.11 Å². The van der Waals surface area contributed by atoms with Crippen LogP contribution < -0.4 is 4.74 Å². The van der Waals surface area contributed by atoms with Crippen molar-refractivity contribution in [3.63, 3.8) is 0 Å². The molecular weight excluding hydrogens is 204 g/mol. The zero-order valence-electron chi connectivity index (χ0n) is 8.93. The Morgan fingerprint density at radius 2 is 2.12 bits per heavy atom. The molecule has 3 heteroatoms. The second-order valence-electron chi connectivity index (χ2n) is 3.49. The molecule has 0 radical (unpaired) electrons. The molecule has 0 saturated heterocycles. The van der Waals surface area contributed by atoms with Gasteiger partial charge in [-0.1, -0.05) is 24.3 Å². The first-order chi connectivity index (χ1) is 7.74. The van der Waals surface area contributed by atoms with E-state index >= 15 is 0 Å². The maximum atomic E-state index is 11.8. The highest BCUT2D eigenvalue weighted by Gasteiger charge is 2.16. The summed E-state index contributed by atoms with van der Waals surface area (Å²) in [6, 6.07) is 3.28. The van der Waals surface area contributed by atoms with Gasteiger partial charge in [0.25, 0.3) is 0 Å². The molecule has 1 N–H and O–H groups in total. The molecule has 0 aliphatic heterocycles. The summed E-state index contributed by atoms with van der Waals surface area (Å²) in [5.41, 5.74) is 1.05. The van der Waals surface area contributed by atoms with Crippen molar-refractivity contribution in [3.8, 4) is 11.5 Å². The fourth-order valence-electron chi connectivity index (χ4n) is 1.68. The van der Waals surface area contributed by atoms with Crippen LogP contribution in [-0.4, -0.2) is 18.0 Å². The normalized spacial score (nSPS) is 18.2.